The molecule has 5 heteroatoms. The lowest BCUT2D eigenvalue weighted by atomic mass is 9.99. The highest BCUT2D eigenvalue weighted by Gasteiger charge is 2.44. The molecule has 0 spiro atoms. The van der Waals surface area contributed by atoms with Crippen LogP contribution in [-0.4, -0.2) is 40.3 Å². The molecule has 1 fully saturated rings. The van der Waals surface area contributed by atoms with E-state index in [1.807, 2.05) is 18.9 Å². The highest BCUT2D eigenvalue weighted by molar-refractivity contribution is 8.14. The monoisotopic (exact) mass is 216 g/mol. The zero-order chi connectivity index (χ0) is 10.9. The molecule has 1 rings (SSSR count). The normalized spacial score (nSPS) is 33.2. The van der Waals surface area contributed by atoms with Crippen LogP contribution in [0.1, 0.15) is 20.3 Å². The molecule has 1 saturated heterocycles. The van der Waals surface area contributed by atoms with Gasteiger partial charge in [0.1, 0.15) is 0 Å². The van der Waals surface area contributed by atoms with Crippen LogP contribution in [0.3, 0.4) is 0 Å². The summed E-state index contributed by atoms with van der Waals surface area (Å²) in [6.45, 7) is 4.12. The maximum absolute atomic E-state index is 11.3. The summed E-state index contributed by atoms with van der Waals surface area (Å²) in [5.41, 5.74) is 4.75. The fourth-order valence-corrected chi connectivity index (χ4v) is 2.95. The molecule has 80 valence electrons. The Hall–Kier alpha value is -0.550. The number of carbonyl (C=O) groups excluding carboxylic acids is 2. The summed E-state index contributed by atoms with van der Waals surface area (Å²) in [4.78, 5) is 24.1. The molecule has 4 nitrogen and oxygen atoms in total. The molecule has 2 atom stereocenters. The van der Waals surface area contributed by atoms with Gasteiger partial charge in [0.25, 0.3) is 0 Å². The number of carbonyl (C=O) groups is 2. The molecule has 2 N–H and O–H groups in total. The lowest BCUT2D eigenvalue weighted by molar-refractivity contribution is -0.126. The second-order valence-electron chi connectivity index (χ2n) is 3.95. The molecule has 1 aliphatic heterocycles. The van der Waals surface area contributed by atoms with Gasteiger partial charge < -0.3 is 5.73 Å². The van der Waals surface area contributed by atoms with Crippen molar-refractivity contribution in [2.75, 3.05) is 13.6 Å². The zero-order valence-corrected chi connectivity index (χ0v) is 9.56. The fourth-order valence-electron chi connectivity index (χ4n) is 1.77. The predicted molar refractivity (Wildman–Crippen MR) is 56.9 cm³/mol. The van der Waals surface area contributed by atoms with Crippen molar-refractivity contribution < 1.29 is 9.59 Å². The maximum atomic E-state index is 11.3. The van der Waals surface area contributed by atoms with Gasteiger partial charge in [-0.05, 0) is 20.4 Å². The lowest BCUT2D eigenvalue weighted by Gasteiger charge is -2.27. The minimum absolute atomic E-state index is 0.0946. The van der Waals surface area contributed by atoms with E-state index in [0.29, 0.717) is 6.42 Å². The van der Waals surface area contributed by atoms with Gasteiger partial charge in [0.2, 0.25) is 5.91 Å². The zero-order valence-electron chi connectivity index (χ0n) is 8.74. The third kappa shape index (κ3) is 2.09. The topological polar surface area (TPSA) is 63.4 Å². The number of hydrogen-bond acceptors (Lipinski definition) is 4. The summed E-state index contributed by atoms with van der Waals surface area (Å²) in [5, 5.41) is 0.284. The first-order valence-electron chi connectivity index (χ1n) is 4.54. The first-order valence-corrected chi connectivity index (χ1v) is 5.42. The minimum Gasteiger partial charge on any atom is -0.368 e. The predicted octanol–water partition coefficient (Wildman–Crippen LogP) is 0.214. The Bertz CT molecular complexity index is 270. The summed E-state index contributed by atoms with van der Waals surface area (Å²) >= 11 is 1.30. The molecule has 0 radical (unpaired) electrons. The molecule has 0 bridgehead atoms. The molecule has 0 aliphatic carbocycles. The Balaban J connectivity index is 2.68. The molecule has 0 unspecified atom stereocenters. The maximum Gasteiger partial charge on any atom is 0.237 e. The van der Waals surface area contributed by atoms with E-state index in [1.54, 1.807) is 6.92 Å². The first-order chi connectivity index (χ1) is 6.36. The van der Waals surface area contributed by atoms with Crippen molar-refractivity contribution in [3.05, 3.63) is 0 Å². The number of thioether (sulfide) groups is 1. The van der Waals surface area contributed by atoms with E-state index in [-0.39, 0.29) is 16.3 Å². The van der Waals surface area contributed by atoms with Gasteiger partial charge in [-0.2, -0.15) is 0 Å². The number of nitrogens with zero attached hydrogens (tertiary/aromatic N) is 1. The Labute approximate surface area is 88.2 Å². The van der Waals surface area contributed by atoms with Crippen molar-refractivity contribution in [2.45, 2.75) is 31.1 Å². The van der Waals surface area contributed by atoms with Crippen molar-refractivity contribution in [1.29, 1.82) is 0 Å². The smallest absolute Gasteiger partial charge is 0.237 e. The van der Waals surface area contributed by atoms with E-state index in [4.69, 9.17) is 5.73 Å². The van der Waals surface area contributed by atoms with Crippen LogP contribution in [0.25, 0.3) is 0 Å². The van der Waals surface area contributed by atoms with Crippen molar-refractivity contribution in [3.8, 4) is 0 Å². The molecular formula is C9H16N2O2S. The standard InChI is InChI=1S/C9H16N2O2S/c1-6(12)14-7-4-9(2,8(10)13)11(3)5-7/h7H,4-5H2,1-3H3,(H2,10,13)/t7-,9-/m0/s1. The van der Waals surface area contributed by atoms with Gasteiger partial charge in [-0.3, -0.25) is 14.5 Å². The third-order valence-electron chi connectivity index (χ3n) is 2.81. The van der Waals surface area contributed by atoms with Gasteiger partial charge in [0, 0.05) is 18.7 Å². The highest BCUT2D eigenvalue weighted by atomic mass is 32.2. The van der Waals surface area contributed by atoms with Crippen LogP contribution in [-0.2, 0) is 9.59 Å². The summed E-state index contributed by atoms with van der Waals surface area (Å²) in [6, 6.07) is 0. The van der Waals surface area contributed by atoms with Crippen molar-refractivity contribution >= 4 is 22.8 Å². The van der Waals surface area contributed by atoms with E-state index in [0.717, 1.165) is 6.54 Å². The highest BCUT2D eigenvalue weighted by Crippen LogP contribution is 2.34. The van der Waals surface area contributed by atoms with Gasteiger partial charge in [0.05, 0.1) is 5.54 Å². The van der Waals surface area contributed by atoms with Gasteiger partial charge in [-0.15, -0.1) is 0 Å². The summed E-state index contributed by atoms with van der Waals surface area (Å²) in [5.74, 6) is -0.313. The average Bonchev–Trinajstić information content (AvgIpc) is 2.27. The second-order valence-corrected chi connectivity index (χ2v) is 5.43. The Kier molecular flexibility index (Phi) is 3.21. The molecule has 14 heavy (non-hydrogen) atoms. The molecule has 1 heterocycles. The van der Waals surface area contributed by atoms with E-state index < -0.39 is 5.54 Å². The molecular weight excluding hydrogens is 200 g/mol. The van der Waals surface area contributed by atoms with Crippen LogP contribution in [0.5, 0.6) is 0 Å². The average molecular weight is 216 g/mol. The quantitative estimate of drug-likeness (QED) is 0.717. The number of primary amides is 1. The fraction of sp³-hybridized carbons (Fsp3) is 0.778. The van der Waals surface area contributed by atoms with E-state index >= 15 is 0 Å². The van der Waals surface area contributed by atoms with Gasteiger partial charge in [-0.1, -0.05) is 11.8 Å². The lowest BCUT2D eigenvalue weighted by Crippen LogP contribution is -2.49. The Morgan fingerprint density at radius 3 is 2.50 bits per heavy atom. The van der Waals surface area contributed by atoms with Crippen LogP contribution in [0.4, 0.5) is 0 Å². The van der Waals surface area contributed by atoms with E-state index in [2.05, 4.69) is 0 Å². The van der Waals surface area contributed by atoms with Crippen LogP contribution >= 0.6 is 11.8 Å². The number of likely N-dealkylation sites (N-methyl/N-ethyl adjacent to an activating group) is 1. The van der Waals surface area contributed by atoms with Gasteiger partial charge in [-0.25, -0.2) is 0 Å². The van der Waals surface area contributed by atoms with Gasteiger partial charge >= 0.3 is 0 Å². The van der Waals surface area contributed by atoms with Crippen LogP contribution in [0.15, 0.2) is 0 Å². The van der Waals surface area contributed by atoms with Crippen molar-refractivity contribution in [1.82, 2.24) is 4.90 Å². The summed E-state index contributed by atoms with van der Waals surface area (Å²) in [7, 11) is 1.87. The Morgan fingerprint density at radius 1 is 1.57 bits per heavy atom. The third-order valence-corrected chi connectivity index (χ3v) is 3.79. The molecule has 1 aliphatic rings. The second kappa shape index (κ2) is 3.90. The van der Waals surface area contributed by atoms with Crippen LogP contribution in [0, 0.1) is 0 Å². The number of hydrogen-bond donors (Lipinski definition) is 1. The molecule has 0 aromatic heterocycles. The Morgan fingerprint density at radius 2 is 2.14 bits per heavy atom. The number of amides is 1. The largest absolute Gasteiger partial charge is 0.368 e. The van der Waals surface area contributed by atoms with E-state index in [1.165, 1.54) is 11.8 Å². The minimum atomic E-state index is -0.590. The first kappa shape index (κ1) is 11.5. The SMILES string of the molecule is CC(=O)S[C@@H]1CN(C)[C@](C)(C(N)=O)C1. The van der Waals surface area contributed by atoms with Gasteiger partial charge in [0.15, 0.2) is 5.12 Å². The van der Waals surface area contributed by atoms with Crippen LogP contribution < -0.4 is 5.73 Å². The van der Waals surface area contributed by atoms with Crippen molar-refractivity contribution in [3.63, 3.8) is 0 Å². The van der Waals surface area contributed by atoms with E-state index in [9.17, 15) is 9.59 Å². The number of likely N-dealkylation sites (tertiary alicyclic amines) is 1. The molecule has 1 amide bonds. The van der Waals surface area contributed by atoms with Crippen molar-refractivity contribution in [2.24, 2.45) is 5.73 Å². The molecule has 0 saturated carbocycles. The molecule has 0 aromatic rings. The summed E-state index contributed by atoms with van der Waals surface area (Å²) in [6.07, 6.45) is 0.656. The summed E-state index contributed by atoms with van der Waals surface area (Å²) < 4.78 is 0. The van der Waals surface area contributed by atoms with Crippen LogP contribution in [0.2, 0.25) is 0 Å². The number of nitrogens with two attached hydrogens (primary N) is 1. The number of rotatable bonds is 2. The molecule has 0 aromatic carbocycles.